The van der Waals surface area contributed by atoms with E-state index in [0.717, 1.165) is 34.2 Å². The van der Waals surface area contributed by atoms with E-state index in [4.69, 9.17) is 4.74 Å². The monoisotopic (exact) mass is 454 g/mol. The van der Waals surface area contributed by atoms with E-state index in [1.807, 2.05) is 36.4 Å². The van der Waals surface area contributed by atoms with Gasteiger partial charge in [0.1, 0.15) is 11.6 Å². The molecule has 4 rings (SSSR count). The predicted molar refractivity (Wildman–Crippen MR) is 121 cm³/mol. The lowest BCUT2D eigenvalue weighted by atomic mass is 10.1. The molecule has 0 unspecified atom stereocenters. The first-order valence-electron chi connectivity index (χ1n) is 10.2. The summed E-state index contributed by atoms with van der Waals surface area (Å²) in [6, 6.07) is 16.5. The first kappa shape index (κ1) is 22.0. The third kappa shape index (κ3) is 4.66. The van der Waals surface area contributed by atoms with Crippen LogP contribution < -0.4 is 4.74 Å². The lowest BCUT2D eigenvalue weighted by Crippen LogP contribution is -2.50. The lowest BCUT2D eigenvalue weighted by Gasteiger charge is -2.33. The van der Waals surface area contributed by atoms with Crippen LogP contribution in [0.1, 0.15) is 5.56 Å². The third-order valence-electron chi connectivity index (χ3n) is 5.49. The summed E-state index contributed by atoms with van der Waals surface area (Å²) in [6.07, 6.45) is 3.27. The van der Waals surface area contributed by atoms with E-state index < -0.39 is 15.8 Å². The number of rotatable bonds is 5. The van der Waals surface area contributed by atoms with Crippen LogP contribution in [0, 0.1) is 5.82 Å². The van der Waals surface area contributed by atoms with Crippen LogP contribution in [0.25, 0.3) is 16.8 Å². The van der Waals surface area contributed by atoms with Crippen LogP contribution in [0.4, 0.5) is 4.39 Å². The number of nitrogens with zero attached hydrogens (tertiary/aromatic N) is 2. The van der Waals surface area contributed by atoms with Crippen molar-refractivity contribution in [1.82, 2.24) is 9.21 Å². The zero-order chi connectivity index (χ0) is 22.7. The van der Waals surface area contributed by atoms with E-state index in [9.17, 15) is 17.6 Å². The quantitative estimate of drug-likeness (QED) is 0.553. The molecule has 166 valence electrons. The van der Waals surface area contributed by atoms with Crippen molar-refractivity contribution in [2.24, 2.45) is 0 Å². The summed E-state index contributed by atoms with van der Waals surface area (Å²) in [5, 5.41) is 2.09. The van der Waals surface area contributed by atoms with Gasteiger partial charge in [-0.1, -0.05) is 18.2 Å². The van der Waals surface area contributed by atoms with E-state index in [1.54, 1.807) is 18.1 Å². The van der Waals surface area contributed by atoms with Crippen molar-refractivity contribution >= 4 is 32.8 Å². The number of hydrogen-bond acceptors (Lipinski definition) is 4. The summed E-state index contributed by atoms with van der Waals surface area (Å²) in [5.74, 6) is 0.132. The second-order valence-corrected chi connectivity index (χ2v) is 9.43. The number of benzene rings is 3. The molecule has 0 bridgehead atoms. The van der Waals surface area contributed by atoms with Crippen LogP contribution in [0.5, 0.6) is 5.75 Å². The zero-order valence-corrected chi connectivity index (χ0v) is 18.4. The molecule has 0 aromatic heterocycles. The number of piperazine rings is 1. The summed E-state index contributed by atoms with van der Waals surface area (Å²) in [6.45, 7) is 0.969. The number of fused-ring (bicyclic) bond motifs is 1. The molecule has 3 aromatic carbocycles. The molecule has 3 aromatic rings. The van der Waals surface area contributed by atoms with Crippen molar-refractivity contribution in [3.63, 3.8) is 0 Å². The summed E-state index contributed by atoms with van der Waals surface area (Å²) in [7, 11) is -2.08. The Bertz CT molecular complexity index is 1260. The van der Waals surface area contributed by atoms with Crippen LogP contribution in [0.2, 0.25) is 0 Å². The number of halogens is 1. The van der Waals surface area contributed by atoms with Crippen molar-refractivity contribution in [3.8, 4) is 5.75 Å². The van der Waals surface area contributed by atoms with Gasteiger partial charge in [-0.2, -0.15) is 4.31 Å². The summed E-state index contributed by atoms with van der Waals surface area (Å²) in [4.78, 5) is 14.3. The molecule has 0 N–H and O–H groups in total. The minimum Gasteiger partial charge on any atom is -0.497 e. The Morgan fingerprint density at radius 1 is 0.938 bits per heavy atom. The molecule has 1 fully saturated rings. The number of ether oxygens (including phenoxy) is 1. The molecular weight excluding hydrogens is 431 g/mol. The highest BCUT2D eigenvalue weighted by Crippen LogP contribution is 2.23. The highest BCUT2D eigenvalue weighted by Gasteiger charge is 2.29. The molecular formula is C24H23FN2O4S. The Balaban J connectivity index is 1.38. The second-order valence-electron chi connectivity index (χ2n) is 7.49. The minimum absolute atomic E-state index is 0.0486. The van der Waals surface area contributed by atoms with E-state index in [1.165, 1.54) is 22.5 Å². The van der Waals surface area contributed by atoms with Gasteiger partial charge in [0.25, 0.3) is 0 Å². The standard InChI is InChI=1S/C24H23FN2O4S/c1-31-22-8-5-19-16-18(2-4-20(19)17-22)3-11-24(28)26-12-14-27(15-13-26)32(29,30)23-9-6-21(25)7-10-23/h2-11,16-17H,12-15H2,1H3/b11-3+. The third-order valence-corrected chi connectivity index (χ3v) is 7.40. The van der Waals surface area contributed by atoms with Gasteiger partial charge in [-0.15, -0.1) is 0 Å². The Kier molecular flexibility index (Phi) is 6.25. The topological polar surface area (TPSA) is 66.9 Å². The van der Waals surface area contributed by atoms with Gasteiger partial charge >= 0.3 is 0 Å². The number of hydrogen-bond donors (Lipinski definition) is 0. The van der Waals surface area contributed by atoms with Crippen LogP contribution in [0.3, 0.4) is 0 Å². The zero-order valence-electron chi connectivity index (χ0n) is 17.6. The largest absolute Gasteiger partial charge is 0.497 e. The lowest BCUT2D eigenvalue weighted by molar-refractivity contribution is -0.127. The highest BCUT2D eigenvalue weighted by molar-refractivity contribution is 7.89. The van der Waals surface area contributed by atoms with Gasteiger partial charge < -0.3 is 9.64 Å². The number of carbonyl (C=O) groups excluding carboxylic acids is 1. The van der Waals surface area contributed by atoms with E-state index in [2.05, 4.69) is 0 Å². The minimum atomic E-state index is -3.71. The van der Waals surface area contributed by atoms with Crippen LogP contribution in [0.15, 0.2) is 71.6 Å². The van der Waals surface area contributed by atoms with Crippen LogP contribution >= 0.6 is 0 Å². The van der Waals surface area contributed by atoms with Crippen LogP contribution in [-0.2, 0) is 14.8 Å². The van der Waals surface area contributed by atoms with E-state index >= 15 is 0 Å². The van der Waals surface area contributed by atoms with Gasteiger partial charge in [-0.25, -0.2) is 12.8 Å². The smallest absolute Gasteiger partial charge is 0.246 e. The maximum absolute atomic E-state index is 13.1. The first-order chi connectivity index (χ1) is 15.4. The number of carbonyl (C=O) groups is 1. The van der Waals surface area contributed by atoms with Gasteiger partial charge in [0.2, 0.25) is 15.9 Å². The molecule has 1 heterocycles. The first-order valence-corrected chi connectivity index (χ1v) is 11.6. The van der Waals surface area contributed by atoms with Crippen LogP contribution in [-0.4, -0.2) is 56.8 Å². The van der Waals surface area contributed by atoms with Crippen molar-refractivity contribution in [2.45, 2.75) is 4.90 Å². The molecule has 0 radical (unpaired) electrons. The number of methoxy groups -OCH3 is 1. The maximum atomic E-state index is 13.1. The molecule has 1 saturated heterocycles. The van der Waals surface area contributed by atoms with Crippen molar-refractivity contribution in [3.05, 3.63) is 78.1 Å². The maximum Gasteiger partial charge on any atom is 0.246 e. The Morgan fingerprint density at radius 3 is 2.28 bits per heavy atom. The predicted octanol–water partition coefficient (Wildman–Crippen LogP) is 3.53. The molecule has 0 spiro atoms. The van der Waals surface area contributed by atoms with Gasteiger partial charge in [0, 0.05) is 32.3 Å². The molecule has 0 aliphatic carbocycles. The molecule has 1 amide bonds. The molecule has 0 atom stereocenters. The van der Waals surface area contributed by atoms with E-state index in [-0.39, 0.29) is 23.9 Å². The molecule has 8 heteroatoms. The van der Waals surface area contributed by atoms with Gasteiger partial charge in [-0.05, 0) is 64.9 Å². The van der Waals surface area contributed by atoms with Crippen molar-refractivity contribution < 1.29 is 22.3 Å². The summed E-state index contributed by atoms with van der Waals surface area (Å²) < 4.78 is 45.1. The summed E-state index contributed by atoms with van der Waals surface area (Å²) in [5.41, 5.74) is 0.897. The van der Waals surface area contributed by atoms with Gasteiger partial charge in [0.15, 0.2) is 0 Å². The number of sulfonamides is 1. The number of amides is 1. The fourth-order valence-electron chi connectivity index (χ4n) is 3.65. The van der Waals surface area contributed by atoms with Gasteiger partial charge in [-0.3, -0.25) is 4.79 Å². The average Bonchev–Trinajstić information content (AvgIpc) is 2.82. The highest BCUT2D eigenvalue weighted by atomic mass is 32.2. The van der Waals surface area contributed by atoms with E-state index in [0.29, 0.717) is 13.1 Å². The normalized spacial score (nSPS) is 15.4. The van der Waals surface area contributed by atoms with Crippen molar-refractivity contribution in [1.29, 1.82) is 0 Å². The average molecular weight is 455 g/mol. The Hall–Kier alpha value is -3.23. The van der Waals surface area contributed by atoms with Gasteiger partial charge in [0.05, 0.1) is 12.0 Å². The molecule has 1 aliphatic rings. The Labute approximate surface area is 186 Å². The molecule has 32 heavy (non-hydrogen) atoms. The second kappa shape index (κ2) is 9.10. The SMILES string of the molecule is COc1ccc2cc(/C=C/C(=O)N3CCN(S(=O)(=O)c4ccc(F)cc4)CC3)ccc2c1. The molecule has 6 nitrogen and oxygen atoms in total. The Morgan fingerprint density at radius 2 is 1.59 bits per heavy atom. The fourth-order valence-corrected chi connectivity index (χ4v) is 5.07. The van der Waals surface area contributed by atoms with Crippen molar-refractivity contribution in [2.75, 3.05) is 33.3 Å². The fraction of sp³-hybridized carbons (Fsp3) is 0.208. The molecule has 0 saturated carbocycles. The summed E-state index contributed by atoms with van der Waals surface area (Å²) >= 11 is 0. The molecule has 1 aliphatic heterocycles.